The molecule has 0 fully saturated rings. The topological polar surface area (TPSA) is 41.6 Å². The summed E-state index contributed by atoms with van der Waals surface area (Å²) in [6.07, 6.45) is 1.96. The van der Waals surface area contributed by atoms with Gasteiger partial charge in [-0.25, -0.2) is 0 Å². The maximum atomic E-state index is 5.76. The molecule has 0 bridgehead atoms. The van der Waals surface area contributed by atoms with Crippen molar-refractivity contribution >= 4 is 5.84 Å². The first-order valence-corrected chi connectivity index (χ1v) is 5.42. The highest BCUT2D eigenvalue weighted by atomic mass is 15.1. The zero-order valence-electron chi connectivity index (χ0n) is 10.2. The normalized spacial score (nSPS) is 15.2. The minimum absolute atomic E-state index is 0.352. The van der Waals surface area contributed by atoms with Crippen LogP contribution in [0.2, 0.25) is 0 Å². The highest BCUT2D eigenvalue weighted by molar-refractivity contribution is 5.80. The lowest BCUT2D eigenvalue weighted by molar-refractivity contribution is 0.345. The lowest BCUT2D eigenvalue weighted by Gasteiger charge is -2.19. The Labute approximate surface area is 88.4 Å². The molecular weight excluding hydrogens is 174 g/mol. The van der Waals surface area contributed by atoms with E-state index < -0.39 is 0 Å². The molecule has 0 saturated heterocycles. The Hall–Kier alpha value is -0.570. The molecule has 2 N–H and O–H groups in total. The van der Waals surface area contributed by atoms with E-state index in [9.17, 15) is 0 Å². The van der Waals surface area contributed by atoms with Gasteiger partial charge in [0.2, 0.25) is 0 Å². The zero-order valence-corrected chi connectivity index (χ0v) is 10.2. The molecule has 0 aliphatic carbocycles. The van der Waals surface area contributed by atoms with Crippen LogP contribution in [0.25, 0.3) is 0 Å². The Bertz CT molecular complexity index is 163. The van der Waals surface area contributed by atoms with Crippen LogP contribution in [0.15, 0.2) is 4.99 Å². The first-order chi connectivity index (χ1) is 6.45. The summed E-state index contributed by atoms with van der Waals surface area (Å²) < 4.78 is 0. The molecule has 0 spiro atoms. The summed E-state index contributed by atoms with van der Waals surface area (Å²) in [5.74, 6) is 1.45. The second kappa shape index (κ2) is 6.82. The molecule has 1 atom stereocenters. The van der Waals surface area contributed by atoms with Gasteiger partial charge in [-0.05, 0) is 26.4 Å². The van der Waals surface area contributed by atoms with Gasteiger partial charge in [0.15, 0.2) is 0 Å². The molecular formula is C11H25N3. The van der Waals surface area contributed by atoms with Crippen LogP contribution in [0.5, 0.6) is 0 Å². The smallest absolute Gasteiger partial charge is 0.0938 e. The Morgan fingerprint density at radius 3 is 2.29 bits per heavy atom. The van der Waals surface area contributed by atoms with Crippen LogP contribution in [0.1, 0.15) is 33.6 Å². The standard InChI is InChI=1S/C11H25N3/c1-6-11(12)13-10(7-9(2)3)8-14(4)5/h9-10H,6-8H2,1-5H3,(H2,12,13). The number of hydrogen-bond donors (Lipinski definition) is 1. The Morgan fingerprint density at radius 2 is 1.93 bits per heavy atom. The molecule has 0 amide bonds. The molecule has 0 saturated carbocycles. The number of amidine groups is 1. The van der Waals surface area contributed by atoms with E-state index in [-0.39, 0.29) is 0 Å². The summed E-state index contributed by atoms with van der Waals surface area (Å²) in [5.41, 5.74) is 5.76. The van der Waals surface area contributed by atoms with Gasteiger partial charge in [0.1, 0.15) is 0 Å². The molecule has 14 heavy (non-hydrogen) atoms. The van der Waals surface area contributed by atoms with Crippen molar-refractivity contribution in [3.05, 3.63) is 0 Å². The molecule has 0 aromatic rings. The Morgan fingerprint density at radius 1 is 1.36 bits per heavy atom. The average molecular weight is 199 g/mol. The zero-order chi connectivity index (χ0) is 11.1. The Balaban J connectivity index is 4.24. The molecule has 0 aromatic heterocycles. The molecule has 0 aliphatic rings. The summed E-state index contributed by atoms with van der Waals surface area (Å²) >= 11 is 0. The molecule has 3 heteroatoms. The third-order valence-electron chi connectivity index (χ3n) is 2.03. The van der Waals surface area contributed by atoms with Crippen molar-refractivity contribution in [2.75, 3.05) is 20.6 Å². The predicted octanol–water partition coefficient (Wildman–Crippen LogP) is 1.73. The lowest BCUT2D eigenvalue weighted by atomic mass is 10.0. The molecule has 0 aliphatic heterocycles. The van der Waals surface area contributed by atoms with Crippen molar-refractivity contribution in [1.82, 2.24) is 4.90 Å². The highest BCUT2D eigenvalue weighted by Crippen LogP contribution is 2.09. The van der Waals surface area contributed by atoms with Crippen LogP contribution >= 0.6 is 0 Å². The molecule has 0 aromatic carbocycles. The van der Waals surface area contributed by atoms with Gasteiger partial charge < -0.3 is 10.6 Å². The van der Waals surface area contributed by atoms with E-state index in [0.29, 0.717) is 12.0 Å². The van der Waals surface area contributed by atoms with Gasteiger partial charge in [-0.3, -0.25) is 4.99 Å². The van der Waals surface area contributed by atoms with Crippen molar-refractivity contribution in [3.8, 4) is 0 Å². The number of likely N-dealkylation sites (N-methyl/N-ethyl adjacent to an activating group) is 1. The first kappa shape index (κ1) is 13.4. The van der Waals surface area contributed by atoms with Crippen molar-refractivity contribution < 1.29 is 0 Å². The summed E-state index contributed by atoms with van der Waals surface area (Å²) in [7, 11) is 4.15. The van der Waals surface area contributed by atoms with Gasteiger partial charge in [-0.2, -0.15) is 0 Å². The molecule has 84 valence electrons. The number of nitrogens with two attached hydrogens (primary N) is 1. The molecule has 1 unspecified atom stereocenters. The van der Waals surface area contributed by atoms with Gasteiger partial charge in [-0.15, -0.1) is 0 Å². The maximum absolute atomic E-state index is 5.76. The molecule has 0 radical (unpaired) electrons. The van der Waals surface area contributed by atoms with Gasteiger partial charge in [0.25, 0.3) is 0 Å². The van der Waals surface area contributed by atoms with Crippen molar-refractivity contribution in [3.63, 3.8) is 0 Å². The van der Waals surface area contributed by atoms with E-state index in [0.717, 1.165) is 25.2 Å². The predicted molar refractivity (Wildman–Crippen MR) is 63.7 cm³/mol. The van der Waals surface area contributed by atoms with Crippen LogP contribution in [-0.2, 0) is 0 Å². The number of aliphatic imine (C=N–C) groups is 1. The summed E-state index contributed by atoms with van der Waals surface area (Å²) in [6, 6.07) is 0.352. The van der Waals surface area contributed by atoms with Crippen LogP contribution < -0.4 is 5.73 Å². The number of nitrogens with zero attached hydrogens (tertiary/aromatic N) is 2. The van der Waals surface area contributed by atoms with Crippen LogP contribution in [0.3, 0.4) is 0 Å². The van der Waals surface area contributed by atoms with E-state index >= 15 is 0 Å². The minimum Gasteiger partial charge on any atom is -0.387 e. The molecule has 0 heterocycles. The summed E-state index contributed by atoms with van der Waals surface area (Å²) in [6.45, 7) is 7.47. The second-order valence-electron chi connectivity index (χ2n) is 4.52. The van der Waals surface area contributed by atoms with Gasteiger partial charge in [0, 0.05) is 13.0 Å². The van der Waals surface area contributed by atoms with E-state index in [1.165, 1.54) is 0 Å². The SMILES string of the molecule is CCC(N)=NC(CC(C)C)CN(C)C. The van der Waals surface area contributed by atoms with Crippen LogP contribution in [0, 0.1) is 5.92 Å². The fourth-order valence-corrected chi connectivity index (χ4v) is 1.46. The fourth-order valence-electron chi connectivity index (χ4n) is 1.46. The monoisotopic (exact) mass is 199 g/mol. The van der Waals surface area contributed by atoms with E-state index in [2.05, 4.69) is 37.8 Å². The summed E-state index contributed by atoms with van der Waals surface area (Å²) in [4.78, 5) is 6.69. The van der Waals surface area contributed by atoms with Gasteiger partial charge >= 0.3 is 0 Å². The fraction of sp³-hybridized carbons (Fsp3) is 0.909. The van der Waals surface area contributed by atoms with Gasteiger partial charge in [-0.1, -0.05) is 20.8 Å². The third-order valence-corrected chi connectivity index (χ3v) is 2.03. The minimum atomic E-state index is 0.352. The summed E-state index contributed by atoms with van der Waals surface area (Å²) in [5, 5.41) is 0. The van der Waals surface area contributed by atoms with E-state index in [1.807, 2.05) is 6.92 Å². The van der Waals surface area contributed by atoms with Crippen molar-refractivity contribution in [2.24, 2.45) is 16.6 Å². The number of hydrogen-bond acceptors (Lipinski definition) is 2. The average Bonchev–Trinajstić information content (AvgIpc) is 2.01. The van der Waals surface area contributed by atoms with E-state index in [1.54, 1.807) is 0 Å². The van der Waals surface area contributed by atoms with Gasteiger partial charge in [0.05, 0.1) is 11.9 Å². The van der Waals surface area contributed by atoms with Crippen LogP contribution in [-0.4, -0.2) is 37.4 Å². The first-order valence-electron chi connectivity index (χ1n) is 5.42. The number of rotatable bonds is 6. The molecule has 3 nitrogen and oxygen atoms in total. The second-order valence-corrected chi connectivity index (χ2v) is 4.52. The van der Waals surface area contributed by atoms with E-state index in [4.69, 9.17) is 5.73 Å². The third kappa shape index (κ3) is 6.89. The Kier molecular flexibility index (Phi) is 6.54. The van der Waals surface area contributed by atoms with Crippen LogP contribution in [0.4, 0.5) is 0 Å². The van der Waals surface area contributed by atoms with Crippen molar-refractivity contribution in [2.45, 2.75) is 39.7 Å². The lowest BCUT2D eigenvalue weighted by Crippen LogP contribution is -2.28. The van der Waals surface area contributed by atoms with Crippen molar-refractivity contribution in [1.29, 1.82) is 0 Å². The maximum Gasteiger partial charge on any atom is 0.0938 e. The quantitative estimate of drug-likeness (QED) is 0.523. The highest BCUT2D eigenvalue weighted by Gasteiger charge is 2.10. The molecule has 0 rings (SSSR count). The largest absolute Gasteiger partial charge is 0.387 e.